The fraction of sp³-hybridized carbons (Fsp3) is 0.240. The Hall–Kier alpha value is -3.59. The zero-order chi connectivity index (χ0) is 24.1. The summed E-state index contributed by atoms with van der Waals surface area (Å²) in [5.74, 6) is -0.104. The molecule has 176 valence electrons. The largest absolute Gasteiger partial charge is 0.492 e. The number of carbonyl (C=O) groups excluding carboxylic acids is 1. The predicted molar refractivity (Wildman–Crippen MR) is 124 cm³/mol. The van der Waals surface area contributed by atoms with Crippen molar-refractivity contribution in [2.75, 3.05) is 6.61 Å². The van der Waals surface area contributed by atoms with E-state index in [1.54, 1.807) is 35.1 Å². The first-order chi connectivity index (χ1) is 16.4. The first kappa shape index (κ1) is 23.6. The summed E-state index contributed by atoms with van der Waals surface area (Å²) in [6, 6.07) is 9.77. The lowest BCUT2D eigenvalue weighted by Crippen LogP contribution is -2.07. The van der Waals surface area contributed by atoms with E-state index in [-0.39, 0.29) is 27.7 Å². The maximum atomic E-state index is 13.7. The molecule has 2 heterocycles. The van der Waals surface area contributed by atoms with Gasteiger partial charge in [0.1, 0.15) is 16.5 Å². The van der Waals surface area contributed by atoms with Crippen LogP contribution < -0.4 is 4.74 Å². The van der Waals surface area contributed by atoms with Gasteiger partial charge in [0.15, 0.2) is 5.78 Å². The van der Waals surface area contributed by atoms with Crippen molar-refractivity contribution in [3.63, 3.8) is 0 Å². The van der Waals surface area contributed by atoms with Gasteiger partial charge < -0.3 is 4.74 Å². The van der Waals surface area contributed by atoms with E-state index in [1.807, 2.05) is 6.92 Å². The molecule has 0 atom stereocenters. The Kier molecular flexibility index (Phi) is 7.02. The lowest BCUT2D eigenvalue weighted by molar-refractivity contribution is 0.0982. The number of imidazole rings is 1. The summed E-state index contributed by atoms with van der Waals surface area (Å²) in [6.07, 6.45) is 8.83. The second kappa shape index (κ2) is 10.1. The molecule has 0 spiro atoms. The van der Waals surface area contributed by atoms with Gasteiger partial charge in [-0.05, 0) is 42.7 Å². The summed E-state index contributed by atoms with van der Waals surface area (Å²) in [4.78, 5) is 20.8. The van der Waals surface area contributed by atoms with E-state index < -0.39 is 15.7 Å². The Morgan fingerprint density at radius 3 is 2.68 bits per heavy atom. The molecule has 0 aliphatic heterocycles. The molecule has 4 aromatic rings. The number of aryl methyl sites for hydroxylation is 1. The molecule has 34 heavy (non-hydrogen) atoms. The Balaban J connectivity index is 1.47. The Morgan fingerprint density at radius 2 is 1.91 bits per heavy atom. The number of unbranched alkanes of at least 4 members (excludes halogenated alkanes) is 1. The van der Waals surface area contributed by atoms with Crippen LogP contribution in [0.5, 0.6) is 5.75 Å². The summed E-state index contributed by atoms with van der Waals surface area (Å²) in [5, 5.41) is 0. The van der Waals surface area contributed by atoms with Crippen molar-refractivity contribution < 1.29 is 22.3 Å². The third-order valence-electron chi connectivity index (χ3n) is 5.39. The average Bonchev–Trinajstić information content (AvgIpc) is 3.31. The summed E-state index contributed by atoms with van der Waals surface area (Å²) in [6.45, 7) is 2.29. The van der Waals surface area contributed by atoms with Gasteiger partial charge in [0.25, 0.3) is 0 Å². The number of ether oxygens (including phenoxy) is 1. The first-order valence-electron chi connectivity index (χ1n) is 11.0. The molecule has 4 rings (SSSR count). The zero-order valence-electron chi connectivity index (χ0n) is 18.6. The molecular formula is C25H24FN3O4S. The van der Waals surface area contributed by atoms with Gasteiger partial charge in [-0.1, -0.05) is 25.5 Å². The van der Waals surface area contributed by atoms with Crippen molar-refractivity contribution in [1.82, 2.24) is 14.4 Å². The first-order valence-corrected chi connectivity index (χ1v) is 12.4. The van der Waals surface area contributed by atoms with Crippen molar-refractivity contribution in [1.29, 1.82) is 0 Å². The Labute approximate surface area is 197 Å². The third-order valence-corrected chi connectivity index (χ3v) is 7.20. The minimum atomic E-state index is -3.91. The average molecular weight is 482 g/mol. The van der Waals surface area contributed by atoms with Crippen LogP contribution in [-0.2, 0) is 16.3 Å². The standard InChI is InChI=1S/C25H24FN3O4S/c1-2-3-14-33-23-15-20(26)7-11-24(23)34(31,32)21-8-4-18(5-9-21)6-10-22(30)19-16-28-25-27-12-13-29(25)17-19/h4-5,7-9,11-13,15-17H,2-3,6,10,14H2,1H3. The van der Waals surface area contributed by atoms with Gasteiger partial charge in [0.2, 0.25) is 15.6 Å². The van der Waals surface area contributed by atoms with E-state index in [4.69, 9.17) is 4.74 Å². The molecule has 0 unspecified atom stereocenters. The van der Waals surface area contributed by atoms with Crippen LogP contribution in [0.3, 0.4) is 0 Å². The van der Waals surface area contributed by atoms with Crippen LogP contribution in [0.2, 0.25) is 0 Å². The van der Waals surface area contributed by atoms with Crippen LogP contribution >= 0.6 is 0 Å². The van der Waals surface area contributed by atoms with E-state index in [2.05, 4.69) is 9.97 Å². The fourth-order valence-electron chi connectivity index (χ4n) is 3.47. The molecule has 0 radical (unpaired) electrons. The molecular weight excluding hydrogens is 457 g/mol. The Bertz CT molecular complexity index is 1420. The smallest absolute Gasteiger partial charge is 0.233 e. The summed E-state index contributed by atoms with van der Waals surface area (Å²) in [5.41, 5.74) is 1.30. The molecule has 9 heteroatoms. The molecule has 2 aromatic carbocycles. The molecule has 0 saturated heterocycles. The van der Waals surface area contributed by atoms with Gasteiger partial charge in [0.05, 0.1) is 17.1 Å². The fourth-order valence-corrected chi connectivity index (χ4v) is 4.85. The predicted octanol–water partition coefficient (Wildman–Crippen LogP) is 4.70. The number of hydrogen-bond donors (Lipinski definition) is 0. The minimum Gasteiger partial charge on any atom is -0.492 e. The highest BCUT2D eigenvalue weighted by Crippen LogP contribution is 2.30. The lowest BCUT2D eigenvalue weighted by Gasteiger charge is -2.12. The monoisotopic (exact) mass is 481 g/mol. The Morgan fingerprint density at radius 1 is 1.12 bits per heavy atom. The number of hydrogen-bond acceptors (Lipinski definition) is 6. The number of sulfone groups is 1. The van der Waals surface area contributed by atoms with E-state index in [0.717, 1.165) is 30.5 Å². The molecule has 2 aromatic heterocycles. The number of aromatic nitrogens is 3. The van der Waals surface area contributed by atoms with Crippen LogP contribution in [0.1, 0.15) is 42.1 Å². The molecule has 0 fully saturated rings. The maximum Gasteiger partial charge on any atom is 0.233 e. The van der Waals surface area contributed by atoms with E-state index in [1.165, 1.54) is 24.4 Å². The summed E-state index contributed by atoms with van der Waals surface area (Å²) < 4.78 is 47.3. The maximum absolute atomic E-state index is 13.7. The van der Waals surface area contributed by atoms with Crippen molar-refractivity contribution in [2.24, 2.45) is 0 Å². The number of Topliss-reactive ketones (excluding diaryl/α,β-unsaturated/α-hetero) is 1. The number of rotatable bonds is 10. The van der Waals surface area contributed by atoms with Crippen molar-refractivity contribution >= 4 is 21.4 Å². The van der Waals surface area contributed by atoms with Crippen molar-refractivity contribution in [2.45, 2.75) is 42.4 Å². The SMILES string of the molecule is CCCCOc1cc(F)ccc1S(=O)(=O)c1ccc(CCC(=O)c2cnc3nccn3c2)cc1. The van der Waals surface area contributed by atoms with Crippen molar-refractivity contribution in [3.05, 3.63) is 84.2 Å². The van der Waals surface area contributed by atoms with Gasteiger partial charge in [-0.2, -0.15) is 0 Å². The van der Waals surface area contributed by atoms with Crippen LogP contribution in [0.15, 0.2) is 77.0 Å². The lowest BCUT2D eigenvalue weighted by atomic mass is 10.0. The molecule has 0 aliphatic carbocycles. The molecule has 0 aliphatic rings. The highest BCUT2D eigenvalue weighted by molar-refractivity contribution is 7.91. The minimum absolute atomic E-state index is 0.00611. The summed E-state index contributed by atoms with van der Waals surface area (Å²) >= 11 is 0. The summed E-state index contributed by atoms with van der Waals surface area (Å²) in [7, 11) is -3.91. The number of nitrogens with zero attached hydrogens (tertiary/aromatic N) is 3. The molecule has 0 bridgehead atoms. The van der Waals surface area contributed by atoms with Crippen LogP contribution in [0.4, 0.5) is 4.39 Å². The van der Waals surface area contributed by atoms with Crippen LogP contribution in [-0.4, -0.2) is 35.2 Å². The molecule has 0 amide bonds. The number of carbonyl (C=O) groups is 1. The number of ketones is 1. The van der Waals surface area contributed by atoms with Gasteiger partial charge >= 0.3 is 0 Å². The third kappa shape index (κ3) is 5.14. The highest BCUT2D eigenvalue weighted by atomic mass is 32.2. The van der Waals surface area contributed by atoms with E-state index in [9.17, 15) is 17.6 Å². The highest BCUT2D eigenvalue weighted by Gasteiger charge is 2.23. The van der Waals surface area contributed by atoms with E-state index >= 15 is 0 Å². The quantitative estimate of drug-likeness (QED) is 0.185. The molecule has 7 nitrogen and oxygen atoms in total. The van der Waals surface area contributed by atoms with Crippen molar-refractivity contribution in [3.8, 4) is 5.75 Å². The number of halogens is 1. The van der Waals surface area contributed by atoms with Gasteiger partial charge in [-0.25, -0.2) is 22.8 Å². The zero-order valence-corrected chi connectivity index (χ0v) is 19.5. The van der Waals surface area contributed by atoms with Crippen LogP contribution in [0.25, 0.3) is 5.78 Å². The molecule has 0 N–H and O–H groups in total. The number of benzene rings is 2. The molecule has 0 saturated carbocycles. The second-order valence-corrected chi connectivity index (χ2v) is 9.76. The number of fused-ring (bicyclic) bond motifs is 1. The van der Waals surface area contributed by atoms with E-state index in [0.29, 0.717) is 24.4 Å². The van der Waals surface area contributed by atoms with Gasteiger partial charge in [0, 0.05) is 37.3 Å². The normalized spacial score (nSPS) is 11.6. The van der Waals surface area contributed by atoms with Gasteiger partial charge in [-0.3, -0.25) is 9.20 Å². The van der Waals surface area contributed by atoms with Crippen LogP contribution in [0, 0.1) is 5.82 Å². The topological polar surface area (TPSA) is 90.6 Å². The van der Waals surface area contributed by atoms with Gasteiger partial charge in [-0.15, -0.1) is 0 Å². The second-order valence-electron chi connectivity index (χ2n) is 7.84.